The van der Waals surface area contributed by atoms with Crippen LogP contribution in [-0.2, 0) is 6.54 Å². The molecule has 0 radical (unpaired) electrons. The summed E-state index contributed by atoms with van der Waals surface area (Å²) in [6.45, 7) is 0.647. The van der Waals surface area contributed by atoms with Crippen molar-refractivity contribution in [2.24, 2.45) is 0 Å². The van der Waals surface area contributed by atoms with Crippen molar-refractivity contribution >= 4 is 34.2 Å². The van der Waals surface area contributed by atoms with E-state index in [-0.39, 0.29) is 5.56 Å². The Hall–Kier alpha value is -2.46. The molecule has 0 bridgehead atoms. The summed E-state index contributed by atoms with van der Waals surface area (Å²) in [6.07, 6.45) is 1.94. The highest BCUT2D eigenvalue weighted by Gasteiger charge is 2.05. The zero-order chi connectivity index (χ0) is 14.8. The summed E-state index contributed by atoms with van der Waals surface area (Å²) in [5.74, 6) is -0.921. The third kappa shape index (κ3) is 2.85. The number of benzene rings is 2. The molecule has 21 heavy (non-hydrogen) atoms. The Balaban J connectivity index is 1.75. The molecule has 0 spiro atoms. The van der Waals surface area contributed by atoms with Gasteiger partial charge in [0, 0.05) is 34.4 Å². The monoisotopic (exact) mass is 300 g/mol. The van der Waals surface area contributed by atoms with Crippen molar-refractivity contribution in [2.45, 2.75) is 6.54 Å². The van der Waals surface area contributed by atoms with Gasteiger partial charge in [-0.3, -0.25) is 0 Å². The van der Waals surface area contributed by atoms with Crippen molar-refractivity contribution in [2.75, 3.05) is 5.32 Å². The maximum Gasteiger partial charge on any atom is 0.335 e. The van der Waals surface area contributed by atoms with Gasteiger partial charge in [0.2, 0.25) is 0 Å². The van der Waals surface area contributed by atoms with E-state index in [1.165, 1.54) is 0 Å². The number of H-pyrrole nitrogens is 1. The van der Waals surface area contributed by atoms with E-state index in [4.69, 9.17) is 16.7 Å². The average Bonchev–Trinajstić information content (AvgIpc) is 2.87. The van der Waals surface area contributed by atoms with Crippen molar-refractivity contribution in [3.8, 4) is 0 Å². The van der Waals surface area contributed by atoms with Crippen LogP contribution < -0.4 is 5.32 Å². The third-order valence-corrected chi connectivity index (χ3v) is 3.58. The van der Waals surface area contributed by atoms with Crippen LogP contribution in [0, 0.1) is 0 Å². The minimum Gasteiger partial charge on any atom is -0.478 e. The lowest BCUT2D eigenvalue weighted by Gasteiger charge is -2.06. The van der Waals surface area contributed by atoms with E-state index < -0.39 is 5.97 Å². The molecule has 0 saturated heterocycles. The van der Waals surface area contributed by atoms with E-state index in [9.17, 15) is 4.79 Å². The molecular weight excluding hydrogens is 288 g/mol. The molecule has 1 heterocycles. The van der Waals surface area contributed by atoms with Gasteiger partial charge < -0.3 is 15.4 Å². The number of hydrogen-bond donors (Lipinski definition) is 3. The number of fused-ring (bicyclic) bond motifs is 1. The largest absolute Gasteiger partial charge is 0.478 e. The quantitative estimate of drug-likeness (QED) is 0.678. The topological polar surface area (TPSA) is 65.1 Å². The number of carboxylic acid groups (broad SMARTS) is 1. The van der Waals surface area contributed by atoms with Crippen molar-refractivity contribution in [1.29, 1.82) is 0 Å². The van der Waals surface area contributed by atoms with Crippen LogP contribution in [-0.4, -0.2) is 16.1 Å². The van der Waals surface area contributed by atoms with Crippen LogP contribution in [0.5, 0.6) is 0 Å². The fraction of sp³-hybridized carbons (Fsp3) is 0.0625. The number of aromatic amines is 1. The Bertz CT molecular complexity index is 794. The number of aromatic carboxylic acids is 1. The van der Waals surface area contributed by atoms with E-state index in [0.29, 0.717) is 11.6 Å². The first-order chi connectivity index (χ1) is 10.1. The van der Waals surface area contributed by atoms with E-state index in [1.54, 1.807) is 24.3 Å². The molecule has 3 rings (SSSR count). The molecule has 3 aromatic rings. The van der Waals surface area contributed by atoms with Crippen LogP contribution >= 0.6 is 11.6 Å². The Labute approximate surface area is 126 Å². The minimum absolute atomic E-state index is 0.280. The van der Waals surface area contributed by atoms with Crippen molar-refractivity contribution in [3.63, 3.8) is 0 Å². The van der Waals surface area contributed by atoms with Gasteiger partial charge in [-0.1, -0.05) is 17.7 Å². The highest BCUT2D eigenvalue weighted by atomic mass is 35.5. The van der Waals surface area contributed by atoms with Crippen LogP contribution in [0.2, 0.25) is 5.02 Å². The van der Waals surface area contributed by atoms with Gasteiger partial charge in [-0.05, 0) is 42.0 Å². The van der Waals surface area contributed by atoms with Crippen molar-refractivity contribution in [3.05, 3.63) is 64.8 Å². The van der Waals surface area contributed by atoms with Crippen LogP contribution in [0.25, 0.3) is 10.9 Å². The molecule has 106 valence electrons. The fourth-order valence-corrected chi connectivity index (χ4v) is 2.40. The molecule has 0 aliphatic heterocycles. The predicted octanol–water partition coefficient (Wildman–Crippen LogP) is 4.13. The molecule has 4 nitrogen and oxygen atoms in total. The molecule has 1 aromatic heterocycles. The van der Waals surface area contributed by atoms with Crippen molar-refractivity contribution in [1.82, 2.24) is 4.98 Å². The number of halogens is 1. The highest BCUT2D eigenvalue weighted by molar-refractivity contribution is 6.31. The number of rotatable bonds is 4. The summed E-state index contributed by atoms with van der Waals surface area (Å²) in [5.41, 5.74) is 3.29. The number of carbonyl (C=O) groups is 1. The number of carboxylic acids is 1. The smallest absolute Gasteiger partial charge is 0.335 e. The van der Waals surface area contributed by atoms with Gasteiger partial charge in [0.1, 0.15) is 0 Å². The van der Waals surface area contributed by atoms with Crippen LogP contribution in [0.15, 0.2) is 48.7 Å². The Kier molecular flexibility index (Phi) is 3.54. The summed E-state index contributed by atoms with van der Waals surface area (Å²) < 4.78 is 0. The highest BCUT2D eigenvalue weighted by Crippen LogP contribution is 2.23. The minimum atomic E-state index is -0.921. The Morgan fingerprint density at radius 2 is 1.95 bits per heavy atom. The molecule has 5 heteroatoms. The number of hydrogen-bond acceptors (Lipinski definition) is 2. The van der Waals surface area contributed by atoms with E-state index in [1.807, 2.05) is 24.4 Å². The lowest BCUT2D eigenvalue weighted by molar-refractivity contribution is 0.0697. The van der Waals surface area contributed by atoms with E-state index in [0.717, 1.165) is 22.2 Å². The third-order valence-electron chi connectivity index (χ3n) is 3.34. The van der Waals surface area contributed by atoms with E-state index >= 15 is 0 Å². The lowest BCUT2D eigenvalue weighted by Crippen LogP contribution is -2.00. The molecule has 0 fully saturated rings. The summed E-state index contributed by atoms with van der Waals surface area (Å²) in [4.78, 5) is 14.0. The Morgan fingerprint density at radius 3 is 2.67 bits per heavy atom. The SMILES string of the molecule is O=C(O)c1ccc(NCc2c[nH]c3cc(Cl)ccc23)cc1. The summed E-state index contributed by atoms with van der Waals surface area (Å²) in [6, 6.07) is 12.4. The van der Waals surface area contributed by atoms with Crippen LogP contribution in [0.4, 0.5) is 5.69 Å². The molecule has 0 aliphatic carbocycles. The molecule has 0 atom stereocenters. The maximum absolute atomic E-state index is 10.8. The maximum atomic E-state index is 10.8. The number of anilines is 1. The molecule has 2 aromatic carbocycles. The average molecular weight is 301 g/mol. The zero-order valence-corrected chi connectivity index (χ0v) is 11.8. The van der Waals surface area contributed by atoms with Gasteiger partial charge in [-0.25, -0.2) is 4.79 Å². The molecule has 0 amide bonds. The molecule has 3 N–H and O–H groups in total. The van der Waals surface area contributed by atoms with Crippen LogP contribution in [0.1, 0.15) is 15.9 Å². The first-order valence-electron chi connectivity index (χ1n) is 6.46. The van der Waals surface area contributed by atoms with Gasteiger partial charge in [0.05, 0.1) is 5.56 Å². The fourth-order valence-electron chi connectivity index (χ4n) is 2.23. The van der Waals surface area contributed by atoms with Gasteiger partial charge in [0.15, 0.2) is 0 Å². The Morgan fingerprint density at radius 1 is 1.19 bits per heavy atom. The summed E-state index contributed by atoms with van der Waals surface area (Å²) >= 11 is 5.96. The zero-order valence-electron chi connectivity index (χ0n) is 11.1. The molecule has 0 saturated carbocycles. The molecule has 0 unspecified atom stereocenters. The normalized spacial score (nSPS) is 10.7. The number of aromatic nitrogens is 1. The van der Waals surface area contributed by atoms with E-state index in [2.05, 4.69) is 10.3 Å². The summed E-state index contributed by atoms with van der Waals surface area (Å²) in [7, 11) is 0. The number of nitrogens with one attached hydrogen (secondary N) is 2. The second-order valence-corrected chi connectivity index (χ2v) is 5.18. The van der Waals surface area contributed by atoms with Gasteiger partial charge in [-0.15, -0.1) is 0 Å². The first-order valence-corrected chi connectivity index (χ1v) is 6.84. The summed E-state index contributed by atoms with van der Waals surface area (Å²) in [5, 5.41) is 14.0. The van der Waals surface area contributed by atoms with Gasteiger partial charge >= 0.3 is 5.97 Å². The molecular formula is C16H13ClN2O2. The lowest BCUT2D eigenvalue weighted by atomic mass is 10.1. The standard InChI is InChI=1S/C16H13ClN2O2/c17-12-3-6-14-11(9-19-15(14)7-12)8-18-13-4-1-10(2-5-13)16(20)21/h1-7,9,18-19H,8H2,(H,20,21). The second-order valence-electron chi connectivity index (χ2n) is 4.74. The first kappa shape index (κ1) is 13.5. The van der Waals surface area contributed by atoms with Gasteiger partial charge in [-0.2, -0.15) is 0 Å². The van der Waals surface area contributed by atoms with Gasteiger partial charge in [0.25, 0.3) is 0 Å². The second kappa shape index (κ2) is 5.50. The predicted molar refractivity (Wildman–Crippen MR) is 84.0 cm³/mol. The van der Waals surface area contributed by atoms with Crippen molar-refractivity contribution < 1.29 is 9.90 Å². The van der Waals surface area contributed by atoms with Crippen LogP contribution in [0.3, 0.4) is 0 Å². The molecule has 0 aliphatic rings.